The van der Waals surface area contributed by atoms with Gasteiger partial charge in [0.15, 0.2) is 0 Å². The van der Waals surface area contributed by atoms with Crippen molar-refractivity contribution in [2.24, 2.45) is 11.8 Å². The van der Waals surface area contributed by atoms with Crippen LogP contribution in [0.3, 0.4) is 0 Å². The highest BCUT2D eigenvalue weighted by atomic mass is 35.5. The Bertz CT molecular complexity index is 785. The number of hydrogen-bond donors (Lipinski definition) is 1. The largest absolute Gasteiger partial charge is 0.339 e. The number of benzene rings is 1. The molecular formula is C20H24ClN3O3. The number of hydrogen-bond acceptors (Lipinski definition) is 3. The standard InChI is InChI=1S/C20H24ClN3O3/c1-4-17(25)23-9-7-13(8-10-23)20(27)24-16-6-5-14(21)11-15(16)22-19(26)18(24)12(2)3/h4-6,11-13,18H,1,7-10H2,2-3H3,(H,22,26). The molecule has 1 N–H and O–H groups in total. The van der Waals surface area contributed by atoms with Gasteiger partial charge in [-0.3, -0.25) is 19.3 Å². The van der Waals surface area contributed by atoms with E-state index in [0.29, 0.717) is 42.3 Å². The number of likely N-dealkylation sites (tertiary alicyclic amines) is 1. The third-order valence-electron chi connectivity index (χ3n) is 5.22. The van der Waals surface area contributed by atoms with Crippen molar-refractivity contribution >= 4 is 40.7 Å². The summed E-state index contributed by atoms with van der Waals surface area (Å²) in [5.74, 6) is -0.654. The van der Waals surface area contributed by atoms with Crippen molar-refractivity contribution < 1.29 is 14.4 Å². The molecule has 3 rings (SSSR count). The number of amides is 3. The summed E-state index contributed by atoms with van der Waals surface area (Å²) in [6.45, 7) is 8.40. The van der Waals surface area contributed by atoms with Crippen LogP contribution in [-0.2, 0) is 14.4 Å². The average molecular weight is 390 g/mol. The van der Waals surface area contributed by atoms with E-state index in [4.69, 9.17) is 11.6 Å². The molecule has 3 amide bonds. The van der Waals surface area contributed by atoms with Crippen LogP contribution in [0.5, 0.6) is 0 Å². The zero-order valence-corrected chi connectivity index (χ0v) is 16.3. The molecule has 1 unspecified atom stereocenters. The summed E-state index contributed by atoms with van der Waals surface area (Å²) in [6, 6.07) is 4.59. The summed E-state index contributed by atoms with van der Waals surface area (Å²) < 4.78 is 0. The quantitative estimate of drug-likeness (QED) is 0.807. The van der Waals surface area contributed by atoms with Crippen molar-refractivity contribution in [3.8, 4) is 0 Å². The van der Waals surface area contributed by atoms with Crippen LogP contribution in [0.4, 0.5) is 11.4 Å². The second-order valence-electron chi connectivity index (χ2n) is 7.35. The molecule has 1 aromatic carbocycles. The fourth-order valence-electron chi connectivity index (χ4n) is 3.82. The number of piperidine rings is 1. The Morgan fingerprint density at radius 2 is 1.96 bits per heavy atom. The van der Waals surface area contributed by atoms with Gasteiger partial charge in [-0.15, -0.1) is 0 Å². The van der Waals surface area contributed by atoms with E-state index >= 15 is 0 Å². The first-order valence-corrected chi connectivity index (χ1v) is 9.56. The zero-order chi connectivity index (χ0) is 19.7. The van der Waals surface area contributed by atoms with Crippen LogP contribution in [0.25, 0.3) is 0 Å². The molecule has 2 aliphatic heterocycles. The number of carbonyl (C=O) groups excluding carboxylic acids is 3. The van der Waals surface area contributed by atoms with E-state index in [1.165, 1.54) is 6.08 Å². The van der Waals surface area contributed by atoms with E-state index < -0.39 is 6.04 Å². The molecule has 2 heterocycles. The molecule has 2 aliphatic rings. The molecule has 0 aliphatic carbocycles. The van der Waals surface area contributed by atoms with Gasteiger partial charge in [-0.25, -0.2) is 0 Å². The lowest BCUT2D eigenvalue weighted by Gasteiger charge is -2.41. The van der Waals surface area contributed by atoms with Crippen molar-refractivity contribution in [1.29, 1.82) is 0 Å². The van der Waals surface area contributed by atoms with E-state index in [9.17, 15) is 14.4 Å². The highest BCUT2D eigenvalue weighted by Crippen LogP contribution is 2.38. The second-order valence-corrected chi connectivity index (χ2v) is 7.79. The van der Waals surface area contributed by atoms with Gasteiger partial charge in [-0.1, -0.05) is 32.0 Å². The predicted octanol–water partition coefficient (Wildman–Crippen LogP) is 3.07. The van der Waals surface area contributed by atoms with Crippen molar-refractivity contribution in [2.45, 2.75) is 32.7 Å². The second kappa shape index (κ2) is 7.72. The Kier molecular flexibility index (Phi) is 5.56. The van der Waals surface area contributed by atoms with Crippen molar-refractivity contribution in [1.82, 2.24) is 4.90 Å². The number of carbonyl (C=O) groups is 3. The van der Waals surface area contributed by atoms with E-state index in [1.54, 1.807) is 28.0 Å². The molecule has 144 valence electrons. The first kappa shape index (κ1) is 19.4. The summed E-state index contributed by atoms with van der Waals surface area (Å²) in [5, 5.41) is 3.37. The lowest BCUT2D eigenvalue weighted by Crippen LogP contribution is -2.56. The number of fused-ring (bicyclic) bond motifs is 1. The van der Waals surface area contributed by atoms with Crippen LogP contribution in [0, 0.1) is 11.8 Å². The van der Waals surface area contributed by atoms with Gasteiger partial charge < -0.3 is 10.2 Å². The maximum absolute atomic E-state index is 13.4. The van der Waals surface area contributed by atoms with Gasteiger partial charge in [-0.05, 0) is 43.0 Å². The Hall–Kier alpha value is -2.34. The number of halogens is 1. The first-order chi connectivity index (χ1) is 12.8. The van der Waals surface area contributed by atoms with Gasteiger partial charge in [0.1, 0.15) is 6.04 Å². The van der Waals surface area contributed by atoms with Gasteiger partial charge in [0.2, 0.25) is 17.7 Å². The van der Waals surface area contributed by atoms with Crippen LogP contribution < -0.4 is 10.2 Å². The Balaban J connectivity index is 1.88. The SMILES string of the molecule is C=CC(=O)N1CCC(C(=O)N2c3ccc(Cl)cc3NC(=O)C2C(C)C)CC1. The highest BCUT2D eigenvalue weighted by Gasteiger charge is 2.41. The summed E-state index contributed by atoms with van der Waals surface area (Å²) in [5.41, 5.74) is 1.23. The smallest absolute Gasteiger partial charge is 0.247 e. The molecule has 0 spiro atoms. The maximum atomic E-state index is 13.4. The third-order valence-corrected chi connectivity index (χ3v) is 5.46. The minimum atomic E-state index is -0.570. The van der Waals surface area contributed by atoms with E-state index in [-0.39, 0.29) is 29.6 Å². The molecule has 0 bridgehead atoms. The summed E-state index contributed by atoms with van der Waals surface area (Å²) >= 11 is 6.06. The topological polar surface area (TPSA) is 69.7 Å². The predicted molar refractivity (Wildman–Crippen MR) is 106 cm³/mol. The van der Waals surface area contributed by atoms with E-state index in [0.717, 1.165) is 0 Å². The molecule has 1 fully saturated rings. The van der Waals surface area contributed by atoms with E-state index in [1.807, 2.05) is 13.8 Å². The Labute approximate surface area is 164 Å². The van der Waals surface area contributed by atoms with Gasteiger partial charge in [-0.2, -0.15) is 0 Å². The number of nitrogens with one attached hydrogen (secondary N) is 1. The molecule has 6 nitrogen and oxygen atoms in total. The monoisotopic (exact) mass is 389 g/mol. The molecule has 1 atom stereocenters. The van der Waals surface area contributed by atoms with E-state index in [2.05, 4.69) is 11.9 Å². The molecule has 0 radical (unpaired) electrons. The number of nitrogens with zero attached hydrogens (tertiary/aromatic N) is 2. The molecular weight excluding hydrogens is 366 g/mol. The van der Waals surface area contributed by atoms with Crippen molar-refractivity contribution in [3.05, 3.63) is 35.9 Å². The normalized spacial score (nSPS) is 20.3. The lowest BCUT2D eigenvalue weighted by atomic mass is 9.91. The summed E-state index contributed by atoms with van der Waals surface area (Å²) in [6.07, 6.45) is 2.44. The van der Waals surface area contributed by atoms with Crippen LogP contribution >= 0.6 is 11.6 Å². The van der Waals surface area contributed by atoms with Crippen LogP contribution in [0.15, 0.2) is 30.9 Å². The molecule has 0 saturated carbocycles. The Morgan fingerprint density at radius 1 is 1.30 bits per heavy atom. The number of rotatable bonds is 3. The minimum absolute atomic E-state index is 0.0415. The fourth-order valence-corrected chi connectivity index (χ4v) is 3.99. The number of anilines is 2. The highest BCUT2D eigenvalue weighted by molar-refractivity contribution is 6.31. The maximum Gasteiger partial charge on any atom is 0.247 e. The molecule has 1 aromatic rings. The van der Waals surface area contributed by atoms with Crippen molar-refractivity contribution in [3.63, 3.8) is 0 Å². The van der Waals surface area contributed by atoms with Crippen LogP contribution in [0.2, 0.25) is 5.02 Å². The van der Waals surface area contributed by atoms with Crippen LogP contribution in [-0.4, -0.2) is 41.8 Å². The lowest BCUT2D eigenvalue weighted by molar-refractivity contribution is -0.132. The first-order valence-electron chi connectivity index (χ1n) is 9.18. The van der Waals surface area contributed by atoms with Crippen molar-refractivity contribution in [2.75, 3.05) is 23.3 Å². The molecule has 0 aromatic heterocycles. The summed E-state index contributed by atoms with van der Waals surface area (Å²) in [4.78, 5) is 41.2. The molecule has 27 heavy (non-hydrogen) atoms. The average Bonchev–Trinajstić information content (AvgIpc) is 2.65. The zero-order valence-electron chi connectivity index (χ0n) is 15.6. The Morgan fingerprint density at radius 3 is 2.56 bits per heavy atom. The summed E-state index contributed by atoms with van der Waals surface area (Å²) in [7, 11) is 0. The van der Waals surface area contributed by atoms with Crippen LogP contribution in [0.1, 0.15) is 26.7 Å². The van der Waals surface area contributed by atoms with Gasteiger partial charge in [0.25, 0.3) is 0 Å². The van der Waals surface area contributed by atoms with Gasteiger partial charge in [0.05, 0.1) is 11.4 Å². The van der Waals surface area contributed by atoms with Gasteiger partial charge in [0, 0.05) is 24.0 Å². The van der Waals surface area contributed by atoms with Gasteiger partial charge >= 0.3 is 0 Å². The minimum Gasteiger partial charge on any atom is -0.339 e. The molecule has 1 saturated heterocycles. The third kappa shape index (κ3) is 3.72. The fraction of sp³-hybridized carbons (Fsp3) is 0.450. The molecule has 7 heteroatoms.